The van der Waals surface area contributed by atoms with Crippen molar-refractivity contribution in [2.75, 3.05) is 0 Å². The predicted octanol–water partition coefficient (Wildman–Crippen LogP) is 3.00. The van der Waals surface area contributed by atoms with E-state index in [0.29, 0.717) is 5.69 Å². The molecule has 0 aliphatic heterocycles. The van der Waals surface area contributed by atoms with E-state index in [0.717, 1.165) is 11.3 Å². The lowest BCUT2D eigenvalue weighted by Gasteiger charge is -1.90. The molecule has 14 heavy (non-hydrogen) atoms. The Morgan fingerprint density at radius 3 is 2.86 bits per heavy atom. The van der Waals surface area contributed by atoms with Gasteiger partial charge in [-0.05, 0) is 36.2 Å². The van der Waals surface area contributed by atoms with Gasteiger partial charge >= 0.3 is 0 Å². The van der Waals surface area contributed by atoms with E-state index in [4.69, 9.17) is 0 Å². The van der Waals surface area contributed by atoms with Crippen LogP contribution in [-0.2, 0) is 6.42 Å². The molecule has 2 heterocycles. The quantitative estimate of drug-likeness (QED) is 0.749. The zero-order valence-corrected chi connectivity index (χ0v) is 9.32. The molecule has 0 aliphatic rings. The normalized spacial score (nSPS) is 10.4. The zero-order valence-electron chi connectivity index (χ0n) is 7.69. The molecule has 0 atom stereocenters. The fourth-order valence-corrected chi connectivity index (χ4v) is 2.55. The second-order valence-corrected chi connectivity index (χ2v) is 4.67. The maximum absolute atomic E-state index is 11.8. The Labute approximate surface area is 90.4 Å². The molecule has 0 saturated carbocycles. The second kappa shape index (κ2) is 4.02. The molecule has 0 unspecified atom stereocenters. The summed E-state index contributed by atoms with van der Waals surface area (Å²) >= 11 is 2.86. The first-order valence-corrected chi connectivity index (χ1v) is 6.00. The molecule has 0 bridgehead atoms. The van der Waals surface area contributed by atoms with Crippen molar-refractivity contribution in [3.05, 3.63) is 39.0 Å². The number of hydrogen-bond donors (Lipinski definition) is 0. The first-order chi connectivity index (χ1) is 6.81. The SMILES string of the molecule is CCc1ccc(C(=O)c2ccsn2)s1. The fourth-order valence-electron chi connectivity index (χ4n) is 1.15. The average molecular weight is 223 g/mol. The zero-order chi connectivity index (χ0) is 9.97. The van der Waals surface area contributed by atoms with Crippen LogP contribution in [0.2, 0.25) is 0 Å². The number of nitrogens with zero attached hydrogens (tertiary/aromatic N) is 1. The summed E-state index contributed by atoms with van der Waals surface area (Å²) in [7, 11) is 0. The Morgan fingerprint density at radius 1 is 1.43 bits per heavy atom. The minimum atomic E-state index is 0.0379. The van der Waals surface area contributed by atoms with Crippen molar-refractivity contribution in [1.29, 1.82) is 0 Å². The van der Waals surface area contributed by atoms with E-state index in [-0.39, 0.29) is 5.78 Å². The van der Waals surface area contributed by atoms with Gasteiger partial charge in [0.25, 0.3) is 0 Å². The van der Waals surface area contributed by atoms with Crippen molar-refractivity contribution < 1.29 is 4.79 Å². The summed E-state index contributed by atoms with van der Waals surface area (Å²) in [6.45, 7) is 2.09. The third-order valence-electron chi connectivity index (χ3n) is 1.90. The van der Waals surface area contributed by atoms with Crippen LogP contribution in [0, 0.1) is 0 Å². The topological polar surface area (TPSA) is 30.0 Å². The summed E-state index contributed by atoms with van der Waals surface area (Å²) in [5.74, 6) is 0.0379. The van der Waals surface area contributed by atoms with Gasteiger partial charge in [0.15, 0.2) is 0 Å². The van der Waals surface area contributed by atoms with Crippen molar-refractivity contribution in [2.45, 2.75) is 13.3 Å². The highest BCUT2D eigenvalue weighted by Gasteiger charge is 2.12. The van der Waals surface area contributed by atoms with Gasteiger partial charge in [-0.3, -0.25) is 4.79 Å². The van der Waals surface area contributed by atoms with Crippen LogP contribution in [0.1, 0.15) is 27.2 Å². The van der Waals surface area contributed by atoms with Crippen LogP contribution in [0.15, 0.2) is 23.6 Å². The number of thiophene rings is 1. The van der Waals surface area contributed by atoms with Gasteiger partial charge in [-0.2, -0.15) is 4.37 Å². The summed E-state index contributed by atoms with van der Waals surface area (Å²) < 4.78 is 4.03. The summed E-state index contributed by atoms with van der Waals surface area (Å²) in [6, 6.07) is 5.65. The Kier molecular flexibility index (Phi) is 2.74. The van der Waals surface area contributed by atoms with Gasteiger partial charge < -0.3 is 0 Å². The molecule has 0 saturated heterocycles. The molecule has 2 rings (SSSR count). The van der Waals surface area contributed by atoms with Crippen molar-refractivity contribution in [3.8, 4) is 0 Å². The monoisotopic (exact) mass is 223 g/mol. The lowest BCUT2D eigenvalue weighted by molar-refractivity contribution is 0.103. The third-order valence-corrected chi connectivity index (χ3v) is 3.69. The van der Waals surface area contributed by atoms with Gasteiger partial charge in [0.1, 0.15) is 5.69 Å². The number of ketones is 1. The summed E-state index contributed by atoms with van der Waals surface area (Å²) in [6.07, 6.45) is 0.981. The number of rotatable bonds is 3. The van der Waals surface area contributed by atoms with E-state index >= 15 is 0 Å². The van der Waals surface area contributed by atoms with E-state index in [1.54, 1.807) is 17.4 Å². The molecular formula is C10H9NOS2. The first-order valence-electron chi connectivity index (χ1n) is 4.35. The highest BCUT2D eigenvalue weighted by atomic mass is 32.1. The van der Waals surface area contributed by atoms with Crippen LogP contribution < -0.4 is 0 Å². The molecule has 0 spiro atoms. The molecule has 0 fully saturated rings. The molecule has 0 aliphatic carbocycles. The van der Waals surface area contributed by atoms with Gasteiger partial charge in [-0.15, -0.1) is 11.3 Å². The van der Waals surface area contributed by atoms with E-state index in [1.807, 2.05) is 17.5 Å². The van der Waals surface area contributed by atoms with E-state index in [2.05, 4.69) is 11.3 Å². The van der Waals surface area contributed by atoms with E-state index in [1.165, 1.54) is 16.4 Å². The summed E-state index contributed by atoms with van der Waals surface area (Å²) in [4.78, 5) is 13.8. The van der Waals surface area contributed by atoms with Crippen molar-refractivity contribution in [3.63, 3.8) is 0 Å². The van der Waals surface area contributed by atoms with Gasteiger partial charge in [0.2, 0.25) is 5.78 Å². The molecular weight excluding hydrogens is 214 g/mol. The standard InChI is InChI=1S/C10H9NOS2/c1-2-7-3-4-9(14-7)10(12)8-5-6-13-11-8/h3-6H,2H2,1H3. The summed E-state index contributed by atoms with van der Waals surface area (Å²) in [5.41, 5.74) is 0.555. The van der Waals surface area contributed by atoms with Gasteiger partial charge in [0.05, 0.1) is 4.88 Å². The number of carbonyl (C=O) groups excluding carboxylic acids is 1. The maximum atomic E-state index is 11.8. The van der Waals surface area contributed by atoms with Crippen molar-refractivity contribution >= 4 is 28.7 Å². The Hall–Kier alpha value is -1.00. The lowest BCUT2D eigenvalue weighted by atomic mass is 10.2. The molecule has 0 N–H and O–H groups in total. The largest absolute Gasteiger partial charge is 0.286 e. The molecule has 2 aromatic rings. The van der Waals surface area contributed by atoms with Crippen LogP contribution in [0.25, 0.3) is 0 Å². The van der Waals surface area contributed by atoms with Crippen LogP contribution in [0.4, 0.5) is 0 Å². The predicted molar refractivity (Wildman–Crippen MR) is 59.2 cm³/mol. The molecule has 0 radical (unpaired) electrons. The first kappa shape index (κ1) is 9.55. The third kappa shape index (κ3) is 1.76. The Balaban J connectivity index is 2.28. The summed E-state index contributed by atoms with van der Waals surface area (Å²) in [5, 5.41) is 1.82. The minimum Gasteiger partial charge on any atom is -0.286 e. The number of aromatic nitrogens is 1. The van der Waals surface area contributed by atoms with Crippen molar-refractivity contribution in [1.82, 2.24) is 4.37 Å². The highest BCUT2D eigenvalue weighted by molar-refractivity contribution is 7.14. The average Bonchev–Trinajstić information content (AvgIpc) is 2.88. The molecule has 72 valence electrons. The van der Waals surface area contributed by atoms with Gasteiger partial charge in [-0.1, -0.05) is 6.92 Å². The molecule has 2 aromatic heterocycles. The molecule has 4 heteroatoms. The van der Waals surface area contributed by atoms with E-state index in [9.17, 15) is 4.79 Å². The van der Waals surface area contributed by atoms with Gasteiger partial charge in [-0.25, -0.2) is 0 Å². The second-order valence-electron chi connectivity index (χ2n) is 2.83. The lowest BCUT2D eigenvalue weighted by Crippen LogP contribution is -1.97. The molecule has 0 aromatic carbocycles. The fraction of sp³-hybridized carbons (Fsp3) is 0.200. The van der Waals surface area contributed by atoms with E-state index < -0.39 is 0 Å². The van der Waals surface area contributed by atoms with Gasteiger partial charge in [0, 0.05) is 10.3 Å². The molecule has 2 nitrogen and oxygen atoms in total. The number of carbonyl (C=O) groups is 1. The highest BCUT2D eigenvalue weighted by Crippen LogP contribution is 2.20. The van der Waals surface area contributed by atoms with Crippen LogP contribution in [-0.4, -0.2) is 10.2 Å². The number of hydrogen-bond acceptors (Lipinski definition) is 4. The molecule has 0 amide bonds. The van der Waals surface area contributed by atoms with Crippen LogP contribution in [0.3, 0.4) is 0 Å². The van der Waals surface area contributed by atoms with Crippen LogP contribution >= 0.6 is 22.9 Å². The Morgan fingerprint density at radius 2 is 2.29 bits per heavy atom. The smallest absolute Gasteiger partial charge is 0.222 e. The minimum absolute atomic E-state index is 0.0379. The van der Waals surface area contributed by atoms with Crippen molar-refractivity contribution in [2.24, 2.45) is 0 Å². The Bertz CT molecular complexity index is 431. The number of aryl methyl sites for hydroxylation is 1. The maximum Gasteiger partial charge on any atom is 0.222 e. The van der Waals surface area contributed by atoms with Crippen LogP contribution in [0.5, 0.6) is 0 Å².